The van der Waals surface area contributed by atoms with Gasteiger partial charge < -0.3 is 4.74 Å². The van der Waals surface area contributed by atoms with Crippen LogP contribution in [-0.4, -0.2) is 7.11 Å². The van der Waals surface area contributed by atoms with E-state index in [0.717, 1.165) is 29.4 Å². The van der Waals surface area contributed by atoms with Crippen LogP contribution in [0.1, 0.15) is 95.5 Å². The molecule has 0 radical (unpaired) electrons. The highest BCUT2D eigenvalue weighted by Gasteiger charge is 2.35. The van der Waals surface area contributed by atoms with E-state index in [-0.39, 0.29) is 0 Å². The normalized spacial score (nSPS) is 25.7. The fourth-order valence-electron chi connectivity index (χ4n) is 6.32. The lowest BCUT2D eigenvalue weighted by molar-refractivity contribution is 0.113. The molecule has 4 rings (SSSR count). The minimum absolute atomic E-state index is 0.775. The summed E-state index contributed by atoms with van der Waals surface area (Å²) in [6.07, 6.45) is 17.5. The van der Waals surface area contributed by atoms with Crippen molar-refractivity contribution in [3.63, 3.8) is 0 Å². The lowest BCUT2D eigenvalue weighted by Crippen LogP contribution is -2.30. The third kappa shape index (κ3) is 5.93. The molecule has 4 atom stereocenters. The van der Waals surface area contributed by atoms with Gasteiger partial charge in [0.1, 0.15) is 5.75 Å². The van der Waals surface area contributed by atoms with Gasteiger partial charge in [-0.3, -0.25) is 0 Å². The summed E-state index contributed by atoms with van der Waals surface area (Å²) >= 11 is 0. The fraction of sp³-hybridized carbons (Fsp3) is 0.600. The highest BCUT2D eigenvalue weighted by molar-refractivity contribution is 5.64. The molecule has 1 nitrogen and oxygen atoms in total. The number of hydrogen-bond donors (Lipinski definition) is 0. The molecule has 1 heteroatoms. The summed E-state index contributed by atoms with van der Waals surface area (Å²) in [6, 6.07) is 17.8. The van der Waals surface area contributed by atoms with Gasteiger partial charge in [-0.1, -0.05) is 88.3 Å². The monoisotopic (exact) mass is 418 g/mol. The maximum Gasteiger partial charge on any atom is 0.118 e. The topological polar surface area (TPSA) is 9.23 Å². The van der Waals surface area contributed by atoms with Crippen molar-refractivity contribution >= 4 is 0 Å². The second kappa shape index (κ2) is 11.2. The minimum atomic E-state index is 0.775. The maximum atomic E-state index is 5.29. The van der Waals surface area contributed by atoms with Gasteiger partial charge in [0.05, 0.1) is 7.11 Å². The standard InChI is InChI=1S/C30H42O/c1-3-4-5-6-7-8-23-9-10-29-22-28(16-15-27(29)21-23)26-13-11-24(12-14-26)25-17-19-30(31-2)20-18-25/h11-14,17-20,23,27-29H,3-10,15-16,21-22H2,1-2H3. The first-order chi connectivity index (χ1) is 15.3. The van der Waals surface area contributed by atoms with Crippen LogP contribution in [-0.2, 0) is 0 Å². The molecule has 2 aromatic carbocycles. The lowest BCUT2D eigenvalue weighted by atomic mass is 9.63. The average molecular weight is 419 g/mol. The Morgan fingerprint density at radius 3 is 2.06 bits per heavy atom. The van der Waals surface area contributed by atoms with Crippen molar-refractivity contribution in [2.45, 2.75) is 89.9 Å². The van der Waals surface area contributed by atoms with Crippen LogP contribution in [0.15, 0.2) is 48.5 Å². The van der Waals surface area contributed by atoms with Crippen molar-refractivity contribution in [3.05, 3.63) is 54.1 Å². The predicted molar refractivity (Wildman–Crippen MR) is 133 cm³/mol. The van der Waals surface area contributed by atoms with E-state index >= 15 is 0 Å². The average Bonchev–Trinajstić information content (AvgIpc) is 2.84. The number of ether oxygens (including phenoxy) is 1. The van der Waals surface area contributed by atoms with E-state index in [1.807, 2.05) is 12.1 Å². The number of benzene rings is 2. The molecule has 0 saturated heterocycles. The molecule has 31 heavy (non-hydrogen) atoms. The van der Waals surface area contributed by atoms with Crippen LogP contribution in [0.5, 0.6) is 5.75 Å². The molecular formula is C30H42O. The summed E-state index contributed by atoms with van der Waals surface area (Å²) in [5.74, 6) is 4.73. The summed E-state index contributed by atoms with van der Waals surface area (Å²) in [5.41, 5.74) is 4.14. The maximum absolute atomic E-state index is 5.29. The van der Waals surface area contributed by atoms with Gasteiger partial charge in [-0.15, -0.1) is 0 Å². The Hall–Kier alpha value is -1.76. The van der Waals surface area contributed by atoms with Gasteiger partial charge in [0.15, 0.2) is 0 Å². The summed E-state index contributed by atoms with van der Waals surface area (Å²) in [4.78, 5) is 0. The number of unbranched alkanes of at least 4 members (excludes halogenated alkanes) is 4. The molecular weight excluding hydrogens is 376 g/mol. The molecule has 0 heterocycles. The molecule has 2 aromatic rings. The van der Waals surface area contributed by atoms with Crippen LogP contribution < -0.4 is 4.74 Å². The second-order valence-corrected chi connectivity index (χ2v) is 10.3. The van der Waals surface area contributed by atoms with Gasteiger partial charge in [-0.25, -0.2) is 0 Å². The van der Waals surface area contributed by atoms with Crippen LogP contribution in [0.2, 0.25) is 0 Å². The summed E-state index contributed by atoms with van der Waals surface area (Å²) in [7, 11) is 1.72. The molecule has 0 N–H and O–H groups in total. The Labute approximate surface area is 190 Å². The summed E-state index contributed by atoms with van der Waals surface area (Å²) < 4.78 is 5.29. The van der Waals surface area contributed by atoms with Crippen LogP contribution in [0.3, 0.4) is 0 Å². The van der Waals surface area contributed by atoms with Crippen LogP contribution in [0.4, 0.5) is 0 Å². The predicted octanol–water partition coefficient (Wildman–Crippen LogP) is 9.02. The Balaban J connectivity index is 1.27. The van der Waals surface area contributed by atoms with E-state index in [1.165, 1.54) is 88.2 Å². The highest BCUT2D eigenvalue weighted by atomic mass is 16.5. The second-order valence-electron chi connectivity index (χ2n) is 10.3. The molecule has 0 aliphatic heterocycles. The Kier molecular flexibility index (Phi) is 8.11. The van der Waals surface area contributed by atoms with Gasteiger partial charge in [0.25, 0.3) is 0 Å². The lowest BCUT2D eigenvalue weighted by Gasteiger charge is -2.42. The van der Waals surface area contributed by atoms with Crippen molar-refractivity contribution in [2.75, 3.05) is 7.11 Å². The molecule has 0 amide bonds. The van der Waals surface area contributed by atoms with Crippen molar-refractivity contribution in [1.29, 1.82) is 0 Å². The molecule has 2 aliphatic rings. The molecule has 2 saturated carbocycles. The van der Waals surface area contributed by atoms with Gasteiger partial charge in [-0.05, 0) is 84.6 Å². The van der Waals surface area contributed by atoms with Crippen LogP contribution in [0, 0.1) is 17.8 Å². The zero-order valence-electron chi connectivity index (χ0n) is 19.8. The fourth-order valence-corrected chi connectivity index (χ4v) is 6.32. The van der Waals surface area contributed by atoms with Gasteiger partial charge in [0.2, 0.25) is 0 Å². The summed E-state index contributed by atoms with van der Waals surface area (Å²) in [6.45, 7) is 2.31. The van der Waals surface area contributed by atoms with E-state index in [1.54, 1.807) is 12.7 Å². The van der Waals surface area contributed by atoms with Gasteiger partial charge >= 0.3 is 0 Å². The Bertz CT molecular complexity index is 775. The van der Waals surface area contributed by atoms with Crippen molar-refractivity contribution in [2.24, 2.45) is 17.8 Å². The van der Waals surface area contributed by atoms with E-state index < -0.39 is 0 Å². The van der Waals surface area contributed by atoms with E-state index in [0.29, 0.717) is 0 Å². The SMILES string of the molecule is CCCCCCCC1CCC2CC(c3ccc(-c4ccc(OC)cc4)cc3)CCC2C1. The van der Waals surface area contributed by atoms with E-state index in [9.17, 15) is 0 Å². The number of hydrogen-bond acceptors (Lipinski definition) is 1. The quantitative estimate of drug-likeness (QED) is 0.369. The molecule has 0 aromatic heterocycles. The third-order valence-corrected chi connectivity index (χ3v) is 8.24. The zero-order chi connectivity index (χ0) is 21.5. The van der Waals surface area contributed by atoms with Crippen molar-refractivity contribution < 1.29 is 4.74 Å². The summed E-state index contributed by atoms with van der Waals surface area (Å²) in [5, 5.41) is 0. The third-order valence-electron chi connectivity index (χ3n) is 8.24. The van der Waals surface area contributed by atoms with Crippen molar-refractivity contribution in [1.82, 2.24) is 0 Å². The highest BCUT2D eigenvalue weighted by Crippen LogP contribution is 2.48. The molecule has 0 bridgehead atoms. The number of methoxy groups -OCH3 is 1. The first kappa shape index (κ1) is 22.4. The van der Waals surface area contributed by atoms with Gasteiger partial charge in [-0.2, -0.15) is 0 Å². The molecule has 168 valence electrons. The van der Waals surface area contributed by atoms with E-state index in [2.05, 4.69) is 43.3 Å². The van der Waals surface area contributed by atoms with E-state index in [4.69, 9.17) is 4.74 Å². The zero-order valence-corrected chi connectivity index (χ0v) is 19.8. The van der Waals surface area contributed by atoms with Crippen LogP contribution in [0.25, 0.3) is 11.1 Å². The Morgan fingerprint density at radius 1 is 0.710 bits per heavy atom. The minimum Gasteiger partial charge on any atom is -0.497 e. The molecule has 2 fully saturated rings. The smallest absolute Gasteiger partial charge is 0.118 e. The molecule has 4 unspecified atom stereocenters. The van der Waals surface area contributed by atoms with Gasteiger partial charge in [0, 0.05) is 0 Å². The molecule has 2 aliphatic carbocycles. The number of fused-ring (bicyclic) bond motifs is 1. The number of rotatable bonds is 9. The first-order valence-corrected chi connectivity index (χ1v) is 13.0. The van der Waals surface area contributed by atoms with Crippen molar-refractivity contribution in [3.8, 4) is 16.9 Å². The largest absolute Gasteiger partial charge is 0.497 e. The first-order valence-electron chi connectivity index (χ1n) is 13.0. The Morgan fingerprint density at radius 2 is 1.35 bits per heavy atom. The van der Waals surface area contributed by atoms with Crippen LogP contribution >= 0.6 is 0 Å². The molecule has 0 spiro atoms.